The summed E-state index contributed by atoms with van der Waals surface area (Å²) in [5, 5.41) is 0. The lowest BCUT2D eigenvalue weighted by Gasteiger charge is -2.39. The van der Waals surface area contributed by atoms with Crippen molar-refractivity contribution in [3.63, 3.8) is 0 Å². The van der Waals surface area contributed by atoms with E-state index in [4.69, 9.17) is 4.74 Å². The summed E-state index contributed by atoms with van der Waals surface area (Å²) in [7, 11) is 1.76. The molecule has 106 valence electrons. The number of carbonyl (C=O) groups excluding carboxylic acids is 1. The molecule has 0 aliphatic carbocycles. The molecule has 0 bridgehead atoms. The zero-order valence-corrected chi connectivity index (χ0v) is 13.1. The molecular formula is C15H23NO2S. The second-order valence-corrected chi connectivity index (χ2v) is 7.18. The van der Waals surface area contributed by atoms with E-state index in [1.807, 2.05) is 13.0 Å². The Bertz CT molecular complexity index is 469. The quantitative estimate of drug-likeness (QED) is 0.794. The Hall–Kier alpha value is -0.710. The predicted octanol–water partition coefficient (Wildman–Crippen LogP) is 3.05. The van der Waals surface area contributed by atoms with E-state index >= 15 is 0 Å². The zero-order chi connectivity index (χ0) is 14.0. The van der Waals surface area contributed by atoms with Gasteiger partial charge in [-0.2, -0.15) is 0 Å². The number of aryl methyl sites for hydroxylation is 2. The lowest BCUT2D eigenvalue weighted by molar-refractivity contribution is -0.0485. The topological polar surface area (TPSA) is 29.5 Å². The first-order valence-corrected chi connectivity index (χ1v) is 7.63. The van der Waals surface area contributed by atoms with Crippen molar-refractivity contribution in [3.05, 3.63) is 21.4 Å². The number of thiophene rings is 1. The molecule has 1 fully saturated rings. The van der Waals surface area contributed by atoms with Gasteiger partial charge in [-0.15, -0.1) is 11.3 Å². The molecule has 19 heavy (non-hydrogen) atoms. The normalized spacial score (nSPS) is 24.6. The van der Waals surface area contributed by atoms with Gasteiger partial charge in [-0.3, -0.25) is 9.69 Å². The number of ether oxygens (including phenoxy) is 1. The second-order valence-electron chi connectivity index (χ2n) is 5.72. The number of piperidine rings is 1. The van der Waals surface area contributed by atoms with E-state index in [0.717, 1.165) is 36.4 Å². The van der Waals surface area contributed by atoms with Gasteiger partial charge in [-0.1, -0.05) is 0 Å². The van der Waals surface area contributed by atoms with Crippen molar-refractivity contribution < 1.29 is 9.53 Å². The first-order valence-electron chi connectivity index (χ1n) is 6.81. The summed E-state index contributed by atoms with van der Waals surface area (Å²) in [6.07, 6.45) is 2.17. The van der Waals surface area contributed by atoms with Crippen LogP contribution in [0.15, 0.2) is 6.07 Å². The number of rotatable bonds is 4. The minimum Gasteiger partial charge on any atom is -0.377 e. The highest BCUT2D eigenvalue weighted by molar-refractivity contribution is 7.12. The highest BCUT2D eigenvalue weighted by Gasteiger charge is 2.31. The first-order chi connectivity index (χ1) is 8.93. The van der Waals surface area contributed by atoms with Crippen LogP contribution in [0.4, 0.5) is 0 Å². The third-order valence-electron chi connectivity index (χ3n) is 3.94. The second kappa shape index (κ2) is 5.73. The maximum absolute atomic E-state index is 12.4. The molecule has 0 N–H and O–H groups in total. The summed E-state index contributed by atoms with van der Waals surface area (Å²) < 4.78 is 5.57. The smallest absolute Gasteiger partial charge is 0.177 e. The number of likely N-dealkylation sites (tertiary alicyclic amines) is 1. The van der Waals surface area contributed by atoms with Crippen LogP contribution in [0.2, 0.25) is 0 Å². The molecule has 1 aliphatic rings. The van der Waals surface area contributed by atoms with Gasteiger partial charge < -0.3 is 4.74 Å². The van der Waals surface area contributed by atoms with E-state index in [-0.39, 0.29) is 11.4 Å². The molecule has 0 radical (unpaired) electrons. The minimum atomic E-state index is -0.0991. The van der Waals surface area contributed by atoms with Crippen LogP contribution in [-0.4, -0.2) is 43.0 Å². The molecule has 0 amide bonds. The predicted molar refractivity (Wildman–Crippen MR) is 79.2 cm³/mol. The maximum atomic E-state index is 12.4. The molecule has 1 aromatic heterocycles. The van der Waals surface area contributed by atoms with Gasteiger partial charge >= 0.3 is 0 Å². The number of Topliss-reactive ketones (excluding diaryl/α,β-unsaturated/α-hetero) is 1. The summed E-state index contributed by atoms with van der Waals surface area (Å²) in [5.41, 5.74) is 0.796. The van der Waals surface area contributed by atoms with Gasteiger partial charge in [0.25, 0.3) is 0 Å². The Labute approximate surface area is 119 Å². The van der Waals surface area contributed by atoms with Crippen molar-refractivity contribution in [1.29, 1.82) is 0 Å². The highest BCUT2D eigenvalue weighted by Crippen LogP contribution is 2.25. The molecule has 1 unspecified atom stereocenters. The number of carbonyl (C=O) groups is 1. The van der Waals surface area contributed by atoms with E-state index in [9.17, 15) is 4.79 Å². The molecule has 0 spiro atoms. The molecule has 1 aromatic rings. The standard InChI is InChI=1S/C15H23NO2S/c1-11-8-13(12(2)19-11)14(17)9-16-7-5-6-15(3,10-16)18-4/h8H,5-7,9-10H2,1-4H3. The van der Waals surface area contributed by atoms with Gasteiger partial charge in [-0.25, -0.2) is 0 Å². The summed E-state index contributed by atoms with van der Waals surface area (Å²) in [4.78, 5) is 16.9. The summed E-state index contributed by atoms with van der Waals surface area (Å²) in [6, 6.07) is 2.02. The van der Waals surface area contributed by atoms with Crippen LogP contribution in [0.5, 0.6) is 0 Å². The summed E-state index contributed by atoms with van der Waals surface area (Å²) in [6.45, 7) is 8.56. The Morgan fingerprint density at radius 3 is 2.84 bits per heavy atom. The van der Waals surface area contributed by atoms with Crippen LogP contribution in [0, 0.1) is 13.8 Å². The summed E-state index contributed by atoms with van der Waals surface area (Å²) >= 11 is 1.70. The Balaban J connectivity index is 2.01. The third-order valence-corrected chi connectivity index (χ3v) is 4.91. The lowest BCUT2D eigenvalue weighted by atomic mass is 9.94. The molecule has 0 saturated carbocycles. The molecule has 1 saturated heterocycles. The SMILES string of the molecule is COC1(C)CCCN(CC(=O)c2cc(C)sc2C)C1. The summed E-state index contributed by atoms with van der Waals surface area (Å²) in [5.74, 6) is 0.238. The number of hydrogen-bond acceptors (Lipinski definition) is 4. The fraction of sp³-hybridized carbons (Fsp3) is 0.667. The largest absolute Gasteiger partial charge is 0.377 e. The Morgan fingerprint density at radius 1 is 1.53 bits per heavy atom. The molecule has 1 aliphatic heterocycles. The minimum absolute atomic E-state index is 0.0991. The Morgan fingerprint density at radius 2 is 2.26 bits per heavy atom. The van der Waals surface area contributed by atoms with Gasteiger partial charge in [-0.05, 0) is 46.2 Å². The number of methoxy groups -OCH3 is 1. The van der Waals surface area contributed by atoms with Crippen LogP contribution >= 0.6 is 11.3 Å². The first kappa shape index (κ1) is 14.7. The zero-order valence-electron chi connectivity index (χ0n) is 12.3. The van der Waals surface area contributed by atoms with Gasteiger partial charge in [0.2, 0.25) is 0 Å². The van der Waals surface area contributed by atoms with E-state index in [0.29, 0.717) is 6.54 Å². The van der Waals surface area contributed by atoms with Crippen molar-refractivity contribution in [3.8, 4) is 0 Å². The third kappa shape index (κ3) is 3.44. The van der Waals surface area contributed by atoms with Gasteiger partial charge in [0.05, 0.1) is 12.1 Å². The van der Waals surface area contributed by atoms with Crippen LogP contribution < -0.4 is 0 Å². The molecular weight excluding hydrogens is 258 g/mol. The maximum Gasteiger partial charge on any atom is 0.177 e. The molecule has 4 heteroatoms. The van der Waals surface area contributed by atoms with E-state index in [1.54, 1.807) is 18.4 Å². The van der Waals surface area contributed by atoms with Crippen LogP contribution in [0.25, 0.3) is 0 Å². The number of nitrogens with zero attached hydrogens (tertiary/aromatic N) is 1. The van der Waals surface area contributed by atoms with E-state index in [2.05, 4.69) is 18.7 Å². The number of hydrogen-bond donors (Lipinski definition) is 0. The van der Waals surface area contributed by atoms with Crippen LogP contribution in [0.1, 0.15) is 39.9 Å². The molecule has 1 atom stereocenters. The number of ketones is 1. The lowest BCUT2D eigenvalue weighted by Crippen LogP contribution is -2.48. The van der Waals surface area contributed by atoms with Crippen LogP contribution in [-0.2, 0) is 4.74 Å². The van der Waals surface area contributed by atoms with Crippen molar-refractivity contribution in [1.82, 2.24) is 4.90 Å². The van der Waals surface area contributed by atoms with Crippen molar-refractivity contribution in [2.75, 3.05) is 26.7 Å². The van der Waals surface area contributed by atoms with Crippen molar-refractivity contribution in [2.24, 2.45) is 0 Å². The molecule has 3 nitrogen and oxygen atoms in total. The molecule has 2 rings (SSSR count). The highest BCUT2D eigenvalue weighted by atomic mass is 32.1. The van der Waals surface area contributed by atoms with Crippen molar-refractivity contribution in [2.45, 2.75) is 39.2 Å². The molecule has 2 heterocycles. The van der Waals surface area contributed by atoms with Crippen molar-refractivity contribution >= 4 is 17.1 Å². The van der Waals surface area contributed by atoms with E-state index in [1.165, 1.54) is 4.88 Å². The average Bonchev–Trinajstić information content (AvgIpc) is 2.69. The monoisotopic (exact) mass is 281 g/mol. The Kier molecular flexibility index (Phi) is 4.43. The van der Waals surface area contributed by atoms with Gasteiger partial charge in [0.15, 0.2) is 5.78 Å². The van der Waals surface area contributed by atoms with Gasteiger partial charge in [0.1, 0.15) is 0 Å². The molecule has 0 aromatic carbocycles. The van der Waals surface area contributed by atoms with Gasteiger partial charge in [0, 0.05) is 29.0 Å². The van der Waals surface area contributed by atoms with E-state index < -0.39 is 0 Å². The fourth-order valence-electron chi connectivity index (χ4n) is 2.81. The fourth-order valence-corrected chi connectivity index (χ4v) is 3.75. The average molecular weight is 281 g/mol. The van der Waals surface area contributed by atoms with Crippen LogP contribution in [0.3, 0.4) is 0 Å².